The van der Waals surface area contributed by atoms with Crippen molar-refractivity contribution in [2.24, 2.45) is 0 Å². The highest BCUT2D eigenvalue weighted by molar-refractivity contribution is 7.99. The van der Waals surface area contributed by atoms with Gasteiger partial charge < -0.3 is 5.32 Å². The second-order valence-corrected chi connectivity index (χ2v) is 7.44. The highest BCUT2D eigenvalue weighted by Crippen LogP contribution is 2.23. The Balaban J connectivity index is 2.35. The van der Waals surface area contributed by atoms with Crippen LogP contribution < -0.4 is 5.32 Å². The zero-order valence-corrected chi connectivity index (χ0v) is 12.4. The van der Waals surface area contributed by atoms with Gasteiger partial charge in [0.25, 0.3) is 0 Å². The molecule has 0 unspecified atom stereocenters. The maximum Gasteiger partial charge on any atom is 0.246 e. The van der Waals surface area contributed by atoms with Crippen molar-refractivity contribution in [1.29, 1.82) is 0 Å². The second kappa shape index (κ2) is 6.21. The molecule has 1 aromatic carbocycles. The Morgan fingerprint density at radius 3 is 2.68 bits per heavy atom. The van der Waals surface area contributed by atoms with Crippen molar-refractivity contribution in [1.82, 2.24) is 9.62 Å². The Labute approximate surface area is 117 Å². The van der Waals surface area contributed by atoms with Crippen molar-refractivity contribution in [3.05, 3.63) is 29.6 Å². The largest absolute Gasteiger partial charge is 0.316 e. The first-order valence-electron chi connectivity index (χ1n) is 6.06. The fourth-order valence-electron chi connectivity index (χ4n) is 1.99. The quantitative estimate of drug-likeness (QED) is 0.910. The van der Waals surface area contributed by atoms with E-state index in [-0.39, 0.29) is 4.90 Å². The lowest BCUT2D eigenvalue weighted by Gasteiger charge is -2.26. The number of thioether (sulfide) groups is 1. The van der Waals surface area contributed by atoms with Gasteiger partial charge in [0.05, 0.1) is 0 Å². The van der Waals surface area contributed by atoms with Crippen molar-refractivity contribution < 1.29 is 12.8 Å². The minimum Gasteiger partial charge on any atom is -0.316 e. The van der Waals surface area contributed by atoms with Crippen LogP contribution in [-0.4, -0.2) is 44.4 Å². The van der Waals surface area contributed by atoms with Crippen LogP contribution in [0, 0.1) is 5.82 Å². The predicted molar refractivity (Wildman–Crippen MR) is 75.2 cm³/mol. The van der Waals surface area contributed by atoms with Crippen LogP contribution >= 0.6 is 11.8 Å². The van der Waals surface area contributed by atoms with Gasteiger partial charge in [0, 0.05) is 31.1 Å². The third kappa shape index (κ3) is 3.28. The molecule has 0 aromatic heterocycles. The summed E-state index contributed by atoms with van der Waals surface area (Å²) in [4.78, 5) is -0.216. The summed E-state index contributed by atoms with van der Waals surface area (Å²) in [5.41, 5.74) is 0.758. The van der Waals surface area contributed by atoms with Gasteiger partial charge in [0.2, 0.25) is 10.0 Å². The summed E-state index contributed by atoms with van der Waals surface area (Å²) in [5.74, 6) is 0.840. The topological polar surface area (TPSA) is 49.4 Å². The molecule has 0 radical (unpaired) electrons. The standard InChI is InChI=1S/C12H17FN2O2S2/c1-14-9-10-2-3-11(13)12(8-10)19(16,17)15-4-6-18-7-5-15/h2-3,8,14H,4-7,9H2,1H3. The first-order chi connectivity index (χ1) is 9.05. The number of hydrogen-bond donors (Lipinski definition) is 1. The van der Waals surface area contributed by atoms with Crippen LogP contribution in [-0.2, 0) is 16.6 Å². The molecule has 4 nitrogen and oxygen atoms in total. The van der Waals surface area contributed by atoms with E-state index in [1.807, 2.05) is 0 Å². The molecule has 1 saturated heterocycles. The Morgan fingerprint density at radius 2 is 2.05 bits per heavy atom. The van der Waals surface area contributed by atoms with Gasteiger partial charge in [-0.2, -0.15) is 16.1 Å². The summed E-state index contributed by atoms with van der Waals surface area (Å²) in [7, 11) is -1.95. The summed E-state index contributed by atoms with van der Waals surface area (Å²) in [5, 5.41) is 2.93. The number of sulfonamides is 1. The van der Waals surface area contributed by atoms with Crippen molar-refractivity contribution >= 4 is 21.8 Å². The third-order valence-electron chi connectivity index (χ3n) is 2.96. The van der Waals surface area contributed by atoms with Gasteiger partial charge in [0.15, 0.2) is 0 Å². The molecule has 0 atom stereocenters. The van der Waals surface area contributed by atoms with Gasteiger partial charge in [-0.25, -0.2) is 12.8 Å². The molecule has 1 N–H and O–H groups in total. The molecule has 106 valence electrons. The lowest BCUT2D eigenvalue weighted by Crippen LogP contribution is -2.38. The summed E-state index contributed by atoms with van der Waals surface area (Å²) >= 11 is 1.72. The average Bonchev–Trinajstić information content (AvgIpc) is 2.42. The van der Waals surface area contributed by atoms with E-state index in [1.54, 1.807) is 24.9 Å². The number of nitrogens with one attached hydrogen (secondary N) is 1. The molecule has 1 heterocycles. The SMILES string of the molecule is CNCc1ccc(F)c(S(=O)(=O)N2CCSCC2)c1. The lowest BCUT2D eigenvalue weighted by atomic mass is 10.2. The molecule has 0 aliphatic carbocycles. The van der Waals surface area contributed by atoms with Crippen LogP contribution in [0.3, 0.4) is 0 Å². The van der Waals surface area contributed by atoms with Crippen LogP contribution in [0.1, 0.15) is 5.56 Å². The van der Waals surface area contributed by atoms with Gasteiger partial charge in [-0.1, -0.05) is 6.07 Å². The van der Waals surface area contributed by atoms with Gasteiger partial charge in [-0.05, 0) is 24.7 Å². The molecule has 1 aromatic rings. The van der Waals surface area contributed by atoms with Gasteiger partial charge >= 0.3 is 0 Å². The van der Waals surface area contributed by atoms with Crippen molar-refractivity contribution in [3.8, 4) is 0 Å². The minimum absolute atomic E-state index is 0.216. The molecule has 1 aliphatic heterocycles. The van der Waals surface area contributed by atoms with Crippen LogP contribution in [0.2, 0.25) is 0 Å². The molecule has 0 bridgehead atoms. The fraction of sp³-hybridized carbons (Fsp3) is 0.500. The van der Waals surface area contributed by atoms with E-state index in [2.05, 4.69) is 5.32 Å². The van der Waals surface area contributed by atoms with Gasteiger partial charge in [-0.3, -0.25) is 0 Å². The monoisotopic (exact) mass is 304 g/mol. The van der Waals surface area contributed by atoms with E-state index < -0.39 is 15.8 Å². The molecule has 0 saturated carbocycles. The van der Waals surface area contributed by atoms with Crippen molar-refractivity contribution in [2.45, 2.75) is 11.4 Å². The van der Waals surface area contributed by atoms with E-state index in [9.17, 15) is 12.8 Å². The zero-order chi connectivity index (χ0) is 13.9. The summed E-state index contributed by atoms with van der Waals surface area (Å²) in [6, 6.07) is 4.23. The Bertz CT molecular complexity index is 543. The second-order valence-electron chi connectivity index (χ2n) is 4.31. The summed E-state index contributed by atoms with van der Waals surface area (Å²) in [6.45, 7) is 1.41. The lowest BCUT2D eigenvalue weighted by molar-refractivity contribution is 0.438. The number of benzene rings is 1. The number of hydrogen-bond acceptors (Lipinski definition) is 4. The van der Waals surface area contributed by atoms with E-state index in [0.29, 0.717) is 19.6 Å². The number of nitrogens with zero attached hydrogens (tertiary/aromatic N) is 1. The number of rotatable bonds is 4. The van der Waals surface area contributed by atoms with Gasteiger partial charge in [0.1, 0.15) is 10.7 Å². The molecule has 1 fully saturated rings. The van der Waals surface area contributed by atoms with Crippen molar-refractivity contribution in [3.63, 3.8) is 0 Å². The molecule has 19 heavy (non-hydrogen) atoms. The van der Waals surface area contributed by atoms with E-state index in [1.165, 1.54) is 16.4 Å². The molecule has 1 aliphatic rings. The first-order valence-corrected chi connectivity index (χ1v) is 8.66. The first kappa shape index (κ1) is 14.8. The third-order valence-corrected chi connectivity index (χ3v) is 5.82. The summed E-state index contributed by atoms with van der Waals surface area (Å²) < 4.78 is 40.0. The minimum atomic E-state index is -3.72. The molecule has 0 amide bonds. The fourth-order valence-corrected chi connectivity index (χ4v) is 4.68. The predicted octanol–water partition coefficient (Wildman–Crippen LogP) is 1.28. The highest BCUT2D eigenvalue weighted by atomic mass is 32.2. The van der Waals surface area contributed by atoms with E-state index >= 15 is 0 Å². The maximum absolute atomic E-state index is 13.8. The van der Waals surface area contributed by atoms with Crippen LogP contribution in [0.4, 0.5) is 4.39 Å². The van der Waals surface area contributed by atoms with Crippen molar-refractivity contribution in [2.75, 3.05) is 31.6 Å². The van der Waals surface area contributed by atoms with E-state index in [0.717, 1.165) is 17.1 Å². The molecular weight excluding hydrogens is 287 g/mol. The smallest absolute Gasteiger partial charge is 0.246 e. The van der Waals surface area contributed by atoms with Crippen LogP contribution in [0.5, 0.6) is 0 Å². The Kier molecular flexibility index (Phi) is 4.83. The molecule has 0 spiro atoms. The zero-order valence-electron chi connectivity index (χ0n) is 10.7. The molecule has 7 heteroatoms. The molecule has 2 rings (SSSR count). The normalized spacial score (nSPS) is 17.6. The van der Waals surface area contributed by atoms with Crippen LogP contribution in [0.25, 0.3) is 0 Å². The highest BCUT2D eigenvalue weighted by Gasteiger charge is 2.28. The maximum atomic E-state index is 13.8. The number of halogens is 1. The van der Waals surface area contributed by atoms with Gasteiger partial charge in [-0.15, -0.1) is 0 Å². The Hall–Kier alpha value is -0.630. The summed E-state index contributed by atoms with van der Waals surface area (Å²) in [6.07, 6.45) is 0. The van der Waals surface area contributed by atoms with Crippen LogP contribution in [0.15, 0.2) is 23.1 Å². The Morgan fingerprint density at radius 1 is 1.37 bits per heavy atom. The van der Waals surface area contributed by atoms with E-state index in [4.69, 9.17) is 0 Å². The average molecular weight is 304 g/mol. The molecular formula is C12H17FN2O2S2.